The van der Waals surface area contributed by atoms with Gasteiger partial charge in [-0.05, 0) is 55.2 Å². The number of hydrogen-bond acceptors (Lipinski definition) is 4. The van der Waals surface area contributed by atoms with E-state index in [9.17, 15) is 9.18 Å². The summed E-state index contributed by atoms with van der Waals surface area (Å²) in [5.41, 5.74) is 0.286. The van der Waals surface area contributed by atoms with E-state index in [1.165, 1.54) is 19.2 Å². The summed E-state index contributed by atoms with van der Waals surface area (Å²) >= 11 is 0. The van der Waals surface area contributed by atoms with E-state index in [4.69, 9.17) is 20.8 Å². The Morgan fingerprint density at radius 1 is 1.13 bits per heavy atom. The first kappa shape index (κ1) is 22.8. The van der Waals surface area contributed by atoms with Crippen LogP contribution in [0.1, 0.15) is 36.8 Å². The van der Waals surface area contributed by atoms with Gasteiger partial charge in [-0.25, -0.2) is 11.0 Å². The molecule has 0 N–H and O–H groups in total. The van der Waals surface area contributed by atoms with Crippen molar-refractivity contribution in [2.45, 2.75) is 31.2 Å². The molecule has 3 rings (SSSR count). The van der Waals surface area contributed by atoms with Crippen LogP contribution in [0.25, 0.3) is 4.85 Å². The van der Waals surface area contributed by atoms with Gasteiger partial charge in [0.1, 0.15) is 18.2 Å². The standard InChI is InChI=1S/C25H28FNO4/c1-27-25(20-7-5-8-21(26)17-20,23-9-4-6-18(23)16-24(28)30-3)19-10-12-22(13-11-19)31-15-14-29-2/h5,7-8,10-13,17-18,23H,4,6,9,14-16H2,2-3H3/t18-,23+,25?/m1/s1. The van der Waals surface area contributed by atoms with E-state index in [1.54, 1.807) is 19.2 Å². The maximum atomic E-state index is 14.2. The zero-order chi connectivity index (χ0) is 22.3. The van der Waals surface area contributed by atoms with E-state index in [-0.39, 0.29) is 30.0 Å². The fourth-order valence-corrected chi connectivity index (χ4v) is 4.71. The highest BCUT2D eigenvalue weighted by Crippen LogP contribution is 2.52. The van der Waals surface area contributed by atoms with Gasteiger partial charge in [0.05, 0.1) is 13.7 Å². The number of carbonyl (C=O) groups is 1. The highest BCUT2D eigenvalue weighted by molar-refractivity contribution is 5.69. The Labute approximate surface area is 182 Å². The number of nitrogens with zero attached hydrogens (tertiary/aromatic N) is 1. The molecule has 0 heterocycles. The van der Waals surface area contributed by atoms with Gasteiger partial charge in [0, 0.05) is 30.6 Å². The molecule has 5 nitrogen and oxygen atoms in total. The molecule has 31 heavy (non-hydrogen) atoms. The highest BCUT2D eigenvalue weighted by atomic mass is 19.1. The molecule has 0 radical (unpaired) electrons. The average Bonchev–Trinajstić information content (AvgIpc) is 3.24. The molecule has 2 aromatic rings. The number of esters is 1. The van der Waals surface area contributed by atoms with Crippen molar-refractivity contribution in [3.63, 3.8) is 0 Å². The number of hydrogen-bond donors (Lipinski definition) is 0. The summed E-state index contributed by atoms with van der Waals surface area (Å²) in [6.07, 6.45) is 2.79. The van der Waals surface area contributed by atoms with Crippen molar-refractivity contribution in [2.75, 3.05) is 27.4 Å². The third-order valence-electron chi connectivity index (χ3n) is 6.14. The molecule has 1 aliphatic carbocycles. The molecule has 0 spiro atoms. The number of carbonyl (C=O) groups excluding carboxylic acids is 1. The van der Waals surface area contributed by atoms with Gasteiger partial charge in [0.15, 0.2) is 0 Å². The van der Waals surface area contributed by atoms with Gasteiger partial charge < -0.3 is 14.2 Å². The van der Waals surface area contributed by atoms with E-state index in [2.05, 4.69) is 4.85 Å². The maximum absolute atomic E-state index is 14.2. The fraction of sp³-hybridized carbons (Fsp3) is 0.440. The number of halogens is 1. The molecule has 3 atom stereocenters. The maximum Gasteiger partial charge on any atom is 0.305 e. The van der Waals surface area contributed by atoms with Gasteiger partial charge in [-0.3, -0.25) is 9.64 Å². The van der Waals surface area contributed by atoms with Crippen LogP contribution in [0, 0.1) is 24.2 Å². The van der Waals surface area contributed by atoms with Crippen LogP contribution in [0.2, 0.25) is 0 Å². The SMILES string of the molecule is [C-]#[N+]C(c1ccc(OCCOC)cc1)(c1cccc(F)c1)[C@H]1CCC[C@@H]1CC(=O)OC. The van der Waals surface area contributed by atoms with E-state index in [1.807, 2.05) is 24.3 Å². The van der Waals surface area contributed by atoms with Crippen LogP contribution in [0.4, 0.5) is 4.39 Å². The number of benzene rings is 2. The summed E-state index contributed by atoms with van der Waals surface area (Å²) < 4.78 is 29.8. The highest BCUT2D eigenvalue weighted by Gasteiger charge is 2.54. The van der Waals surface area contributed by atoms with E-state index >= 15 is 0 Å². The summed E-state index contributed by atoms with van der Waals surface area (Å²) in [6.45, 7) is 9.17. The third kappa shape index (κ3) is 4.88. The first-order valence-corrected chi connectivity index (χ1v) is 10.5. The van der Waals surface area contributed by atoms with Crippen LogP contribution in [0.5, 0.6) is 5.75 Å². The zero-order valence-electron chi connectivity index (χ0n) is 18.0. The van der Waals surface area contributed by atoms with Crippen LogP contribution in [-0.2, 0) is 19.8 Å². The Morgan fingerprint density at radius 3 is 2.55 bits per heavy atom. The molecule has 0 bridgehead atoms. The van der Waals surface area contributed by atoms with Crippen molar-refractivity contribution in [3.8, 4) is 5.75 Å². The van der Waals surface area contributed by atoms with E-state index in [0.717, 1.165) is 24.8 Å². The molecule has 2 aromatic carbocycles. The van der Waals surface area contributed by atoms with Gasteiger partial charge in [-0.2, -0.15) is 0 Å². The van der Waals surface area contributed by atoms with Gasteiger partial charge >= 0.3 is 5.97 Å². The minimum Gasteiger partial charge on any atom is -0.491 e. The second kappa shape index (κ2) is 10.4. The Hall–Kier alpha value is -2.91. The quantitative estimate of drug-likeness (QED) is 0.323. The van der Waals surface area contributed by atoms with Crippen molar-refractivity contribution in [1.82, 2.24) is 0 Å². The summed E-state index contributed by atoms with van der Waals surface area (Å²) in [7, 11) is 2.99. The van der Waals surface area contributed by atoms with Crippen LogP contribution in [-0.4, -0.2) is 33.4 Å². The van der Waals surface area contributed by atoms with Crippen LogP contribution in [0.15, 0.2) is 48.5 Å². The molecule has 0 amide bonds. The molecule has 1 fully saturated rings. The van der Waals surface area contributed by atoms with Crippen molar-refractivity contribution >= 4 is 5.97 Å². The Kier molecular flexibility index (Phi) is 7.64. The molecular weight excluding hydrogens is 397 g/mol. The molecule has 0 saturated heterocycles. The van der Waals surface area contributed by atoms with E-state index < -0.39 is 5.54 Å². The van der Waals surface area contributed by atoms with Gasteiger partial charge in [-0.15, -0.1) is 0 Å². The number of methoxy groups -OCH3 is 2. The number of ether oxygens (including phenoxy) is 3. The van der Waals surface area contributed by atoms with Crippen LogP contribution in [0.3, 0.4) is 0 Å². The molecule has 1 saturated carbocycles. The second-order valence-electron chi connectivity index (χ2n) is 7.83. The third-order valence-corrected chi connectivity index (χ3v) is 6.14. The van der Waals surface area contributed by atoms with Crippen LogP contribution < -0.4 is 4.74 Å². The predicted octanol–water partition coefficient (Wildman–Crippen LogP) is 4.99. The minimum absolute atomic E-state index is 0.0116. The summed E-state index contributed by atoms with van der Waals surface area (Å²) in [4.78, 5) is 16.2. The van der Waals surface area contributed by atoms with Crippen molar-refractivity contribution in [3.05, 3.63) is 76.9 Å². The van der Waals surface area contributed by atoms with E-state index in [0.29, 0.717) is 24.5 Å². The molecular formula is C25H28FNO4. The lowest BCUT2D eigenvalue weighted by molar-refractivity contribution is -0.142. The Morgan fingerprint density at radius 2 is 1.90 bits per heavy atom. The summed E-state index contributed by atoms with van der Waals surface area (Å²) in [5.74, 6) is -0.130. The molecule has 1 unspecified atom stereocenters. The second-order valence-corrected chi connectivity index (χ2v) is 7.83. The summed E-state index contributed by atoms with van der Waals surface area (Å²) in [6, 6.07) is 13.7. The lowest BCUT2D eigenvalue weighted by atomic mass is 9.68. The summed E-state index contributed by atoms with van der Waals surface area (Å²) in [5, 5.41) is 0. The first-order valence-electron chi connectivity index (χ1n) is 10.5. The molecule has 164 valence electrons. The lowest BCUT2D eigenvalue weighted by Crippen LogP contribution is -2.36. The molecule has 6 heteroatoms. The van der Waals surface area contributed by atoms with Crippen molar-refractivity contribution in [2.24, 2.45) is 11.8 Å². The zero-order valence-corrected chi connectivity index (χ0v) is 18.0. The smallest absolute Gasteiger partial charge is 0.305 e. The molecule has 0 aliphatic heterocycles. The van der Waals surface area contributed by atoms with Gasteiger partial charge in [0.25, 0.3) is 5.54 Å². The first-order chi connectivity index (χ1) is 15.0. The average molecular weight is 426 g/mol. The Balaban J connectivity index is 2.04. The molecule has 0 aromatic heterocycles. The largest absolute Gasteiger partial charge is 0.491 e. The van der Waals surface area contributed by atoms with Gasteiger partial charge in [-0.1, -0.05) is 18.6 Å². The fourth-order valence-electron chi connectivity index (χ4n) is 4.71. The van der Waals surface area contributed by atoms with Gasteiger partial charge in [0.2, 0.25) is 0 Å². The van der Waals surface area contributed by atoms with Crippen LogP contribution >= 0.6 is 0 Å². The monoisotopic (exact) mass is 425 g/mol. The predicted molar refractivity (Wildman–Crippen MR) is 115 cm³/mol. The van der Waals surface area contributed by atoms with Crippen molar-refractivity contribution in [1.29, 1.82) is 0 Å². The van der Waals surface area contributed by atoms with Crippen molar-refractivity contribution < 1.29 is 23.4 Å². The topological polar surface area (TPSA) is 49.1 Å². The molecule has 1 aliphatic rings. The lowest BCUT2D eigenvalue weighted by Gasteiger charge is -2.32. The number of rotatable bonds is 9. The normalized spacial score (nSPS) is 19.9. The Bertz CT molecular complexity index is 924. The minimum atomic E-state index is -1.09.